The van der Waals surface area contributed by atoms with Crippen molar-refractivity contribution in [3.63, 3.8) is 0 Å². The van der Waals surface area contributed by atoms with E-state index in [0.717, 1.165) is 27.8 Å². The van der Waals surface area contributed by atoms with E-state index in [9.17, 15) is 15.0 Å². The molecule has 1 aromatic carbocycles. The number of carboxylic acids is 1. The first-order chi connectivity index (χ1) is 11.6. The molecule has 1 aromatic heterocycles. The molecule has 0 spiro atoms. The van der Waals surface area contributed by atoms with Crippen molar-refractivity contribution in [3.05, 3.63) is 35.7 Å². The number of nitrogens with zero attached hydrogens (tertiary/aromatic N) is 1. The number of hydrogen-bond acceptors (Lipinski definition) is 3. The average molecular weight is 344 g/mol. The topological polar surface area (TPSA) is 70.6 Å². The summed E-state index contributed by atoms with van der Waals surface area (Å²) in [4.78, 5) is 11.8. The number of pyridine rings is 1. The summed E-state index contributed by atoms with van der Waals surface area (Å²) in [5, 5.41) is 21.8. The minimum atomic E-state index is -0.937. The third-order valence-corrected chi connectivity index (χ3v) is 4.99. The molecule has 2 heterocycles. The number of hydrogen-bond donors (Lipinski definition) is 2. The Labute approximate surface area is 147 Å². The minimum absolute atomic E-state index is 0.0412. The van der Waals surface area contributed by atoms with Crippen LogP contribution in [-0.4, -0.2) is 27.9 Å². The van der Waals surface area contributed by atoms with E-state index in [1.807, 2.05) is 49.7 Å². The van der Waals surface area contributed by atoms with E-state index < -0.39 is 17.6 Å². The second-order valence-electron chi connectivity index (χ2n) is 7.87. The van der Waals surface area contributed by atoms with Crippen LogP contribution in [0.15, 0.2) is 24.4 Å². The Balaban J connectivity index is 2.16. The van der Waals surface area contributed by atoms with Crippen molar-refractivity contribution in [1.82, 2.24) is 0 Å². The van der Waals surface area contributed by atoms with Gasteiger partial charge in [-0.3, -0.25) is 0 Å². The van der Waals surface area contributed by atoms with Gasteiger partial charge in [0.1, 0.15) is 11.9 Å². The fourth-order valence-corrected chi connectivity index (χ4v) is 3.56. The van der Waals surface area contributed by atoms with Crippen molar-refractivity contribution in [2.24, 2.45) is 5.92 Å². The lowest BCUT2D eigenvalue weighted by Crippen LogP contribution is -2.48. The van der Waals surface area contributed by atoms with Gasteiger partial charge in [-0.2, -0.15) is 4.57 Å². The molecule has 0 amide bonds. The predicted molar refractivity (Wildman–Crippen MR) is 94.8 cm³/mol. The fraction of sp³-hybridized carbons (Fsp3) is 0.500. The van der Waals surface area contributed by atoms with Crippen LogP contribution >= 0.6 is 0 Å². The highest BCUT2D eigenvalue weighted by Crippen LogP contribution is 2.38. The molecule has 0 saturated carbocycles. The number of aryl methyl sites for hydroxylation is 1. The summed E-state index contributed by atoms with van der Waals surface area (Å²) >= 11 is 0. The molecule has 3 rings (SSSR count). The molecule has 134 valence electrons. The van der Waals surface area contributed by atoms with Crippen molar-refractivity contribution in [3.8, 4) is 5.75 Å². The summed E-state index contributed by atoms with van der Waals surface area (Å²) in [6.45, 7) is 9.23. The number of aliphatic hydroxyl groups is 1. The van der Waals surface area contributed by atoms with Gasteiger partial charge < -0.3 is 14.9 Å². The first-order valence-corrected chi connectivity index (χ1v) is 8.69. The van der Waals surface area contributed by atoms with Gasteiger partial charge in [0.15, 0.2) is 11.9 Å². The van der Waals surface area contributed by atoms with Crippen molar-refractivity contribution in [2.75, 3.05) is 0 Å². The normalized spacial score (nSPS) is 18.3. The van der Waals surface area contributed by atoms with Gasteiger partial charge in [-0.25, -0.2) is 4.79 Å². The highest BCUT2D eigenvalue weighted by atomic mass is 16.5. The maximum atomic E-state index is 11.8. The second kappa shape index (κ2) is 5.99. The summed E-state index contributed by atoms with van der Waals surface area (Å²) in [5.41, 5.74) is 1.00. The molecule has 0 bridgehead atoms. The Morgan fingerprint density at radius 2 is 2.04 bits per heavy atom. The van der Waals surface area contributed by atoms with Crippen LogP contribution in [0.4, 0.5) is 0 Å². The van der Waals surface area contributed by atoms with Gasteiger partial charge in [0.25, 0.3) is 6.04 Å². The summed E-state index contributed by atoms with van der Waals surface area (Å²) in [6.07, 6.45) is 2.23. The highest BCUT2D eigenvalue weighted by Gasteiger charge is 2.37. The van der Waals surface area contributed by atoms with E-state index in [4.69, 9.17) is 4.74 Å². The van der Waals surface area contributed by atoms with Crippen molar-refractivity contribution >= 4 is 16.7 Å². The van der Waals surface area contributed by atoms with Crippen LogP contribution in [0.3, 0.4) is 0 Å². The van der Waals surface area contributed by atoms with Crippen LogP contribution in [-0.2, 0) is 11.2 Å². The third kappa shape index (κ3) is 3.09. The molecule has 25 heavy (non-hydrogen) atoms. The van der Waals surface area contributed by atoms with Crippen LogP contribution < -0.4 is 9.30 Å². The fourth-order valence-electron chi connectivity index (χ4n) is 3.56. The standard InChI is InChI=1S/C20H25NO4/c1-11(2)17(19(22)23)21-10-15-13(8-12(21)3)6-7-14-9-16(20(4,5)24)25-18(14)15/h6-8,10-11,16-17,24H,9H2,1-5H3/p+1/t16?,17-/m0/s1. The first-order valence-electron chi connectivity index (χ1n) is 8.69. The van der Waals surface area contributed by atoms with Crippen molar-refractivity contribution < 1.29 is 24.3 Å². The van der Waals surface area contributed by atoms with Crippen LogP contribution in [0.1, 0.15) is 45.0 Å². The van der Waals surface area contributed by atoms with E-state index in [1.165, 1.54) is 0 Å². The maximum Gasteiger partial charge on any atom is 0.373 e. The van der Waals surface area contributed by atoms with E-state index in [0.29, 0.717) is 6.42 Å². The molecule has 1 unspecified atom stereocenters. The van der Waals surface area contributed by atoms with Crippen LogP contribution in [0.5, 0.6) is 5.75 Å². The number of fused-ring (bicyclic) bond motifs is 3. The summed E-state index contributed by atoms with van der Waals surface area (Å²) in [5.74, 6) is -0.128. The lowest BCUT2D eigenvalue weighted by molar-refractivity contribution is -0.720. The number of carbonyl (C=O) groups is 1. The average Bonchev–Trinajstić information content (AvgIpc) is 2.92. The van der Waals surface area contributed by atoms with E-state index in [-0.39, 0.29) is 12.0 Å². The zero-order valence-corrected chi connectivity index (χ0v) is 15.4. The van der Waals surface area contributed by atoms with Gasteiger partial charge in [0.05, 0.1) is 11.0 Å². The summed E-state index contributed by atoms with van der Waals surface area (Å²) < 4.78 is 7.89. The molecule has 0 radical (unpaired) electrons. The van der Waals surface area contributed by atoms with E-state index in [1.54, 1.807) is 13.8 Å². The van der Waals surface area contributed by atoms with Gasteiger partial charge in [-0.15, -0.1) is 0 Å². The van der Waals surface area contributed by atoms with Crippen molar-refractivity contribution in [1.29, 1.82) is 0 Å². The molecule has 2 N–H and O–H groups in total. The zero-order valence-electron chi connectivity index (χ0n) is 15.4. The molecule has 0 fully saturated rings. The number of benzene rings is 1. The van der Waals surface area contributed by atoms with Gasteiger partial charge in [-0.1, -0.05) is 26.0 Å². The molecule has 5 nitrogen and oxygen atoms in total. The Bertz CT molecular complexity index is 836. The number of aromatic nitrogens is 1. The number of carboxylic acid groups (broad SMARTS) is 1. The summed E-state index contributed by atoms with van der Waals surface area (Å²) in [7, 11) is 0. The zero-order chi connectivity index (χ0) is 18.5. The van der Waals surface area contributed by atoms with E-state index in [2.05, 4.69) is 0 Å². The van der Waals surface area contributed by atoms with Crippen LogP contribution in [0.25, 0.3) is 10.8 Å². The van der Waals surface area contributed by atoms with Crippen LogP contribution in [0, 0.1) is 12.8 Å². The second-order valence-corrected chi connectivity index (χ2v) is 7.87. The van der Waals surface area contributed by atoms with E-state index >= 15 is 0 Å². The number of rotatable bonds is 4. The molecule has 1 aliphatic rings. The largest absolute Gasteiger partial charge is 0.486 e. The smallest absolute Gasteiger partial charge is 0.373 e. The summed E-state index contributed by atoms with van der Waals surface area (Å²) in [6, 6.07) is 5.43. The molecule has 0 aliphatic carbocycles. The number of ether oxygens (including phenoxy) is 1. The monoisotopic (exact) mass is 344 g/mol. The molecule has 2 aromatic rings. The van der Waals surface area contributed by atoms with Gasteiger partial charge >= 0.3 is 5.97 Å². The maximum absolute atomic E-state index is 11.8. The van der Waals surface area contributed by atoms with Crippen LogP contribution in [0.2, 0.25) is 0 Å². The molecular weight excluding hydrogens is 318 g/mol. The lowest BCUT2D eigenvalue weighted by Gasteiger charge is -2.24. The molecule has 1 aliphatic heterocycles. The minimum Gasteiger partial charge on any atom is -0.486 e. The third-order valence-electron chi connectivity index (χ3n) is 4.99. The Kier molecular flexibility index (Phi) is 4.23. The van der Waals surface area contributed by atoms with Gasteiger partial charge in [0.2, 0.25) is 0 Å². The highest BCUT2D eigenvalue weighted by molar-refractivity contribution is 5.89. The van der Waals surface area contributed by atoms with Gasteiger partial charge in [-0.05, 0) is 24.8 Å². The lowest BCUT2D eigenvalue weighted by atomic mass is 9.96. The molecule has 5 heteroatoms. The van der Waals surface area contributed by atoms with Gasteiger partial charge in [0, 0.05) is 25.3 Å². The number of aliphatic carboxylic acids is 1. The first kappa shape index (κ1) is 17.7. The quantitative estimate of drug-likeness (QED) is 0.837. The predicted octanol–water partition coefficient (Wildman–Crippen LogP) is 2.79. The molecule has 0 saturated heterocycles. The SMILES string of the molecule is Cc1cc2ccc3c(c2c[n+]1[C@H](C(=O)O)C(C)C)OC(C(C)(C)O)C3. The Hall–Kier alpha value is -2.14. The molecule has 2 atom stereocenters. The Morgan fingerprint density at radius 3 is 2.60 bits per heavy atom. The van der Waals surface area contributed by atoms with Crippen molar-refractivity contribution in [2.45, 2.75) is 58.8 Å². The molecular formula is C20H26NO4+. The Morgan fingerprint density at radius 1 is 1.36 bits per heavy atom.